The van der Waals surface area contributed by atoms with Crippen molar-refractivity contribution in [2.75, 3.05) is 25.1 Å². The lowest BCUT2D eigenvalue weighted by Gasteiger charge is -2.26. The number of carboxylic acids is 1. The number of unbranched alkanes of at least 4 members (excludes halogenated alkanes) is 2. The number of aromatic nitrogens is 2. The topological polar surface area (TPSA) is 122 Å². The zero-order chi connectivity index (χ0) is 28.3. The molecule has 0 saturated carbocycles. The quantitative estimate of drug-likeness (QED) is 0.241. The minimum absolute atomic E-state index is 0.0135. The van der Waals surface area contributed by atoms with Crippen LogP contribution in [0.4, 0.5) is 5.82 Å². The maximum Gasteiger partial charge on any atom is 0.322 e. The molecule has 0 atom stereocenters. The molecule has 2 N–H and O–H groups in total. The van der Waals surface area contributed by atoms with Crippen LogP contribution in [-0.2, 0) is 38.1 Å². The second-order valence-electron chi connectivity index (χ2n) is 10.0. The Morgan fingerprint density at radius 2 is 1.79 bits per heavy atom. The predicted molar refractivity (Wildman–Crippen MR) is 151 cm³/mol. The van der Waals surface area contributed by atoms with Gasteiger partial charge in [-0.25, -0.2) is 18.4 Å². The van der Waals surface area contributed by atoms with Crippen molar-refractivity contribution in [1.82, 2.24) is 14.3 Å². The van der Waals surface area contributed by atoms with Gasteiger partial charge in [0.15, 0.2) is 5.03 Å². The molecular weight excluding hydrogens is 516 g/mol. The molecule has 210 valence electrons. The summed E-state index contributed by atoms with van der Waals surface area (Å²) in [5, 5.41) is 11.6. The van der Waals surface area contributed by atoms with E-state index in [4.69, 9.17) is 9.84 Å². The van der Waals surface area contributed by atoms with E-state index in [9.17, 15) is 13.2 Å². The fourth-order valence-corrected chi connectivity index (χ4v) is 5.33. The van der Waals surface area contributed by atoms with E-state index in [0.717, 1.165) is 37.0 Å². The van der Waals surface area contributed by atoms with E-state index < -0.39 is 16.0 Å². The molecule has 3 rings (SSSR count). The lowest BCUT2D eigenvalue weighted by atomic mass is 9.85. The Kier molecular flexibility index (Phi) is 11.0. The fraction of sp³-hybridized carbons (Fsp3) is 0.414. The molecule has 9 nitrogen and oxygen atoms in total. The van der Waals surface area contributed by atoms with Crippen molar-refractivity contribution in [3.63, 3.8) is 0 Å². The summed E-state index contributed by atoms with van der Waals surface area (Å²) in [5.41, 5.74) is 2.22. The first kappa shape index (κ1) is 30.2. The van der Waals surface area contributed by atoms with Crippen molar-refractivity contribution in [3.8, 4) is 0 Å². The van der Waals surface area contributed by atoms with Crippen LogP contribution in [0.5, 0.6) is 0 Å². The van der Waals surface area contributed by atoms with Crippen LogP contribution in [0.25, 0.3) is 0 Å². The monoisotopic (exact) mass is 554 g/mol. The third-order valence-corrected chi connectivity index (χ3v) is 7.97. The van der Waals surface area contributed by atoms with Crippen molar-refractivity contribution >= 4 is 21.8 Å². The third-order valence-electron chi connectivity index (χ3n) is 6.26. The number of nitrogens with one attached hydrogen (secondary N) is 1. The maximum absolute atomic E-state index is 13.6. The van der Waals surface area contributed by atoms with Crippen LogP contribution in [0.3, 0.4) is 0 Å². The number of anilines is 1. The van der Waals surface area contributed by atoms with E-state index in [0.29, 0.717) is 18.1 Å². The van der Waals surface area contributed by atoms with E-state index in [1.807, 2.05) is 24.3 Å². The van der Waals surface area contributed by atoms with E-state index in [-0.39, 0.29) is 30.1 Å². The number of hydrogen-bond acceptors (Lipinski definition) is 7. The molecule has 2 heterocycles. The lowest BCUT2D eigenvalue weighted by Crippen LogP contribution is -2.31. The minimum Gasteiger partial charge on any atom is -0.480 e. The summed E-state index contributed by atoms with van der Waals surface area (Å²) in [7, 11) is -3.95. The normalized spacial score (nSPS) is 12.0. The van der Waals surface area contributed by atoms with E-state index in [2.05, 4.69) is 36.1 Å². The van der Waals surface area contributed by atoms with E-state index in [1.54, 1.807) is 30.3 Å². The van der Waals surface area contributed by atoms with Gasteiger partial charge in [0, 0.05) is 24.8 Å². The number of nitrogens with zero attached hydrogens (tertiary/aromatic N) is 3. The molecule has 1 aromatic carbocycles. The molecule has 0 aliphatic rings. The van der Waals surface area contributed by atoms with Crippen molar-refractivity contribution < 1.29 is 23.1 Å². The highest BCUT2D eigenvalue weighted by Crippen LogP contribution is 2.26. The van der Waals surface area contributed by atoms with E-state index in [1.165, 1.54) is 16.6 Å². The third kappa shape index (κ3) is 9.12. The van der Waals surface area contributed by atoms with Gasteiger partial charge in [-0.3, -0.25) is 4.79 Å². The highest BCUT2D eigenvalue weighted by atomic mass is 32.2. The Labute approximate surface area is 231 Å². The van der Waals surface area contributed by atoms with Crippen LogP contribution in [0.2, 0.25) is 0 Å². The van der Waals surface area contributed by atoms with Gasteiger partial charge >= 0.3 is 5.97 Å². The summed E-state index contributed by atoms with van der Waals surface area (Å²) in [6, 6.07) is 17.7. The maximum atomic E-state index is 13.6. The van der Waals surface area contributed by atoms with Gasteiger partial charge in [-0.15, -0.1) is 0 Å². The number of rotatable bonds is 16. The molecule has 0 spiro atoms. The molecule has 2 aromatic heterocycles. The molecule has 39 heavy (non-hydrogen) atoms. The van der Waals surface area contributed by atoms with Crippen molar-refractivity contribution in [1.29, 1.82) is 0 Å². The second kappa shape index (κ2) is 14.2. The van der Waals surface area contributed by atoms with E-state index >= 15 is 0 Å². The van der Waals surface area contributed by atoms with Gasteiger partial charge in [0.25, 0.3) is 10.0 Å². The second-order valence-corrected chi connectivity index (χ2v) is 11.9. The molecule has 0 bridgehead atoms. The van der Waals surface area contributed by atoms with Gasteiger partial charge < -0.3 is 15.2 Å². The highest BCUT2D eigenvalue weighted by Gasteiger charge is 2.27. The first-order chi connectivity index (χ1) is 18.6. The smallest absolute Gasteiger partial charge is 0.322 e. The highest BCUT2D eigenvalue weighted by molar-refractivity contribution is 7.89. The van der Waals surface area contributed by atoms with Crippen molar-refractivity contribution in [2.45, 2.75) is 63.6 Å². The Morgan fingerprint density at radius 3 is 2.46 bits per heavy atom. The number of benzene rings is 1. The number of carbonyl (C=O) groups is 1. The zero-order valence-corrected chi connectivity index (χ0v) is 23.7. The van der Waals surface area contributed by atoms with Crippen LogP contribution >= 0.6 is 0 Å². The predicted octanol–water partition coefficient (Wildman–Crippen LogP) is 4.85. The average molecular weight is 555 g/mol. The van der Waals surface area contributed by atoms with Gasteiger partial charge in [0.05, 0.1) is 18.8 Å². The first-order valence-electron chi connectivity index (χ1n) is 13.1. The lowest BCUT2D eigenvalue weighted by molar-refractivity contribution is -0.134. The molecule has 0 amide bonds. The first-order valence-corrected chi connectivity index (χ1v) is 14.6. The summed E-state index contributed by atoms with van der Waals surface area (Å²) in [4.78, 5) is 19.4. The fourth-order valence-electron chi connectivity index (χ4n) is 4.00. The number of sulfonamides is 1. The standard InChI is InChI=1S/C29H38N4O5S/c1-4-5-8-18-38-22-29(2,3)24-15-13-23(14-16-24)20-33(39(36,37)27-12-6-7-17-30-27)21-25-10-9-11-26(32-25)31-19-28(34)35/h6-7,9-17H,4-5,8,18-22H2,1-3H3,(H,31,32)(H,34,35). The van der Waals surface area contributed by atoms with Gasteiger partial charge in [-0.05, 0) is 41.8 Å². The Morgan fingerprint density at radius 1 is 1.03 bits per heavy atom. The van der Waals surface area contributed by atoms with Gasteiger partial charge in [0.1, 0.15) is 12.4 Å². The molecule has 0 fully saturated rings. The Bertz CT molecular complexity index is 1300. The summed E-state index contributed by atoms with van der Waals surface area (Å²) < 4.78 is 34.4. The largest absolute Gasteiger partial charge is 0.480 e. The molecule has 0 saturated heterocycles. The van der Waals surface area contributed by atoms with Crippen LogP contribution in [0.1, 0.15) is 56.9 Å². The summed E-state index contributed by atoms with van der Waals surface area (Å²) in [5.74, 6) is -0.662. The summed E-state index contributed by atoms with van der Waals surface area (Å²) >= 11 is 0. The zero-order valence-electron chi connectivity index (χ0n) is 22.8. The van der Waals surface area contributed by atoms with Crippen LogP contribution in [0.15, 0.2) is 71.9 Å². The number of hydrogen-bond donors (Lipinski definition) is 2. The van der Waals surface area contributed by atoms with Crippen LogP contribution in [-0.4, -0.2) is 53.5 Å². The molecule has 0 radical (unpaired) electrons. The van der Waals surface area contributed by atoms with Crippen molar-refractivity contribution in [2.24, 2.45) is 0 Å². The molecule has 0 aliphatic carbocycles. The van der Waals surface area contributed by atoms with Gasteiger partial charge in [-0.2, -0.15) is 4.31 Å². The number of ether oxygens (including phenoxy) is 1. The Hall–Kier alpha value is -3.34. The minimum atomic E-state index is -3.95. The van der Waals surface area contributed by atoms with Crippen LogP contribution in [0, 0.1) is 0 Å². The molecule has 3 aromatic rings. The number of carboxylic acid groups (broad SMARTS) is 1. The molecule has 10 heteroatoms. The molecular formula is C29H38N4O5S. The average Bonchev–Trinajstić information content (AvgIpc) is 2.92. The van der Waals surface area contributed by atoms with Crippen LogP contribution < -0.4 is 5.32 Å². The molecule has 0 unspecified atom stereocenters. The molecule has 0 aliphatic heterocycles. The number of aliphatic carboxylic acids is 1. The Balaban J connectivity index is 1.80. The van der Waals surface area contributed by atoms with Crippen molar-refractivity contribution in [3.05, 3.63) is 83.7 Å². The van der Waals surface area contributed by atoms with Gasteiger partial charge in [-0.1, -0.05) is 70.0 Å². The summed E-state index contributed by atoms with van der Waals surface area (Å²) in [6.45, 7) is 7.60. The van der Waals surface area contributed by atoms with Gasteiger partial charge in [0.2, 0.25) is 0 Å². The number of pyridine rings is 2. The summed E-state index contributed by atoms with van der Waals surface area (Å²) in [6.07, 6.45) is 4.82. The SMILES string of the molecule is CCCCCOCC(C)(C)c1ccc(CN(Cc2cccc(NCC(=O)O)n2)S(=O)(=O)c2ccccn2)cc1.